The van der Waals surface area contributed by atoms with Crippen molar-refractivity contribution in [1.82, 2.24) is 0 Å². The highest BCUT2D eigenvalue weighted by atomic mass is 16.8. The van der Waals surface area contributed by atoms with Gasteiger partial charge in [-0.3, -0.25) is 19.2 Å². The molecule has 23 nitrogen and oxygen atoms in total. The fourth-order valence-electron chi connectivity index (χ4n) is 8.05. The van der Waals surface area contributed by atoms with E-state index in [1.165, 1.54) is 36.4 Å². The Balaban J connectivity index is 1.63. The van der Waals surface area contributed by atoms with Crippen LogP contribution in [0, 0.1) is 5.92 Å². The first kappa shape index (κ1) is 51.8. The Morgan fingerprint density at radius 3 is 2.04 bits per heavy atom. The van der Waals surface area contributed by atoms with Gasteiger partial charge in [0.05, 0.1) is 62.0 Å². The van der Waals surface area contributed by atoms with Crippen LogP contribution >= 0.6 is 0 Å². The van der Waals surface area contributed by atoms with Gasteiger partial charge in [-0.1, -0.05) is 41.5 Å². The molecule has 0 radical (unpaired) electrons. The van der Waals surface area contributed by atoms with Gasteiger partial charge in [0, 0.05) is 38.5 Å². The van der Waals surface area contributed by atoms with Crippen LogP contribution in [0.15, 0.2) is 65.8 Å². The van der Waals surface area contributed by atoms with E-state index >= 15 is 0 Å². The van der Waals surface area contributed by atoms with Gasteiger partial charge < -0.3 is 62.3 Å². The first-order valence-corrected chi connectivity index (χ1v) is 21.2. The summed E-state index contributed by atoms with van der Waals surface area (Å²) in [6, 6.07) is 14.0. The molecule has 23 heteroatoms. The molecule has 0 aromatic heterocycles. The van der Waals surface area contributed by atoms with Crippen molar-refractivity contribution in [3.63, 3.8) is 0 Å². The molecule has 13 unspecified atom stereocenters. The quantitative estimate of drug-likeness (QED) is 0.0712. The van der Waals surface area contributed by atoms with Crippen LogP contribution in [0.25, 0.3) is 10.4 Å². The van der Waals surface area contributed by atoms with Crippen LogP contribution in [0.4, 0.5) is 0 Å². The Morgan fingerprint density at radius 1 is 0.806 bits per heavy atom. The van der Waals surface area contributed by atoms with Crippen molar-refractivity contribution in [1.29, 1.82) is 0 Å². The summed E-state index contributed by atoms with van der Waals surface area (Å²) >= 11 is 0. The van der Waals surface area contributed by atoms with Gasteiger partial charge in [-0.25, -0.2) is 14.4 Å². The third-order valence-electron chi connectivity index (χ3n) is 11.0. The van der Waals surface area contributed by atoms with Gasteiger partial charge in [0.1, 0.15) is 43.7 Å². The predicted molar refractivity (Wildman–Crippen MR) is 222 cm³/mol. The van der Waals surface area contributed by atoms with Crippen LogP contribution in [0.2, 0.25) is 0 Å². The standard InChI is InChI=1S/C44H53N3O20/c1-23(48)59-21-31(62-25(3)50)19-29-18-30(61-24(2)49)20-44(66-29,43(56)58-5)67-37-36(52)34(22-60-40(54)26-12-8-6-9-13-26)64-42(38(37)65-41(55)27-14-10-7-11-15-27)63-33-17-28(39(53)57-4)16-32(35(33)51)46-47-45/h6-15,28-38,42,51-52H,16-22H2,1-5H3. The lowest BCUT2D eigenvalue weighted by molar-refractivity contribution is -0.368. The Morgan fingerprint density at radius 2 is 1.46 bits per heavy atom. The van der Waals surface area contributed by atoms with Crippen LogP contribution in [0.5, 0.6) is 0 Å². The predicted octanol–water partition coefficient (Wildman–Crippen LogP) is 2.41. The minimum atomic E-state index is -2.68. The Kier molecular flexibility index (Phi) is 18.6. The maximum atomic E-state index is 14.2. The largest absolute Gasteiger partial charge is 0.469 e. The molecule has 2 aromatic carbocycles. The van der Waals surface area contributed by atoms with Gasteiger partial charge in [0.15, 0.2) is 12.4 Å². The molecule has 5 rings (SSSR count). The average molecular weight is 944 g/mol. The number of azide groups is 1. The minimum absolute atomic E-state index is 0.0174. The summed E-state index contributed by atoms with van der Waals surface area (Å²) in [4.78, 5) is 93.4. The summed E-state index contributed by atoms with van der Waals surface area (Å²) in [5, 5.41) is 27.4. The van der Waals surface area contributed by atoms with Crippen LogP contribution < -0.4 is 0 Å². The zero-order valence-electron chi connectivity index (χ0n) is 37.2. The summed E-state index contributed by atoms with van der Waals surface area (Å²) in [6.07, 6.45) is -17.7. The lowest BCUT2D eigenvalue weighted by Gasteiger charge is -2.49. The van der Waals surface area contributed by atoms with Gasteiger partial charge in [-0.05, 0) is 42.6 Å². The third-order valence-corrected chi connectivity index (χ3v) is 11.0. The van der Waals surface area contributed by atoms with Gasteiger partial charge >= 0.3 is 41.8 Å². The number of aliphatic hydroxyl groups excluding tert-OH is 2. The lowest BCUT2D eigenvalue weighted by Crippen LogP contribution is -2.67. The fourth-order valence-corrected chi connectivity index (χ4v) is 8.05. The number of benzene rings is 2. The fraction of sp³-hybridized carbons (Fsp3) is 0.568. The normalized spacial score (nSPS) is 29.6. The average Bonchev–Trinajstić information content (AvgIpc) is 3.30. The van der Waals surface area contributed by atoms with Crippen molar-refractivity contribution >= 4 is 41.8 Å². The molecule has 2 aromatic rings. The highest BCUT2D eigenvalue weighted by molar-refractivity contribution is 5.90. The zero-order valence-corrected chi connectivity index (χ0v) is 37.2. The number of hydrogen-bond donors (Lipinski definition) is 2. The minimum Gasteiger partial charge on any atom is -0.469 e. The van der Waals surface area contributed by atoms with E-state index in [4.69, 9.17) is 52.1 Å². The topological polar surface area (TPSA) is 310 Å². The van der Waals surface area contributed by atoms with Crippen molar-refractivity contribution in [2.45, 2.75) is 126 Å². The summed E-state index contributed by atoms with van der Waals surface area (Å²) in [6.45, 7) is 2.17. The third kappa shape index (κ3) is 13.9. The number of methoxy groups -OCH3 is 2. The SMILES string of the molecule is COC(=O)C1CC(N=[N+]=[N-])C(O)C(OC2OC(COC(=O)c3ccccc3)C(O)C(OC3(C(=O)OC)CC(OC(C)=O)CC(CC(COC(C)=O)OC(C)=O)O3)C2OC(=O)c2ccccc2)C1. The molecule has 67 heavy (non-hydrogen) atoms. The second-order valence-corrected chi connectivity index (χ2v) is 15.9. The van der Waals surface area contributed by atoms with Crippen LogP contribution in [-0.2, 0) is 76.1 Å². The van der Waals surface area contributed by atoms with Crippen molar-refractivity contribution in [3.8, 4) is 0 Å². The summed E-state index contributed by atoms with van der Waals surface area (Å²) in [5.74, 6) is -9.79. The molecule has 1 saturated carbocycles. The van der Waals surface area contributed by atoms with Gasteiger partial charge in [-0.2, -0.15) is 0 Å². The first-order valence-electron chi connectivity index (χ1n) is 21.2. The molecule has 2 heterocycles. The second kappa shape index (κ2) is 24.0. The Bertz CT molecular complexity index is 2110. The summed E-state index contributed by atoms with van der Waals surface area (Å²) in [5.41, 5.74) is 9.43. The molecule has 364 valence electrons. The zero-order chi connectivity index (χ0) is 48.8. The molecule has 0 bridgehead atoms. The maximum Gasteiger partial charge on any atom is 0.366 e. The van der Waals surface area contributed by atoms with Crippen LogP contribution in [0.1, 0.15) is 73.6 Å². The van der Waals surface area contributed by atoms with Crippen molar-refractivity contribution in [2.75, 3.05) is 27.4 Å². The van der Waals surface area contributed by atoms with E-state index in [0.29, 0.717) is 0 Å². The molecule has 3 fully saturated rings. The van der Waals surface area contributed by atoms with Crippen LogP contribution in [-0.4, -0.2) is 152 Å². The molecule has 13 atom stereocenters. The van der Waals surface area contributed by atoms with Gasteiger partial charge in [0.2, 0.25) is 0 Å². The number of nitrogens with zero attached hydrogens (tertiary/aromatic N) is 3. The van der Waals surface area contributed by atoms with Gasteiger partial charge in [0.25, 0.3) is 5.79 Å². The highest BCUT2D eigenvalue weighted by Gasteiger charge is 2.59. The second-order valence-electron chi connectivity index (χ2n) is 15.9. The summed E-state index contributed by atoms with van der Waals surface area (Å²) in [7, 11) is 2.12. The number of ether oxygens (including phenoxy) is 11. The van der Waals surface area contributed by atoms with E-state index in [-0.39, 0.29) is 36.8 Å². The molecule has 2 aliphatic heterocycles. The lowest BCUT2D eigenvalue weighted by atomic mass is 9.82. The number of carbonyl (C=O) groups is 7. The number of rotatable bonds is 18. The Labute approximate surface area is 383 Å². The number of esters is 7. The van der Waals surface area contributed by atoms with E-state index in [2.05, 4.69) is 10.0 Å². The van der Waals surface area contributed by atoms with E-state index < -0.39 is 140 Å². The molecule has 2 N–H and O–H groups in total. The monoisotopic (exact) mass is 943 g/mol. The van der Waals surface area contributed by atoms with E-state index in [1.54, 1.807) is 24.3 Å². The van der Waals surface area contributed by atoms with Crippen molar-refractivity contribution < 1.29 is 95.9 Å². The highest BCUT2D eigenvalue weighted by Crippen LogP contribution is 2.41. The molecular weight excluding hydrogens is 890 g/mol. The molecule has 0 spiro atoms. The number of aliphatic hydroxyl groups is 2. The number of hydrogen-bond acceptors (Lipinski definition) is 21. The molecule has 1 aliphatic carbocycles. The smallest absolute Gasteiger partial charge is 0.366 e. The van der Waals surface area contributed by atoms with Crippen molar-refractivity contribution in [2.24, 2.45) is 11.0 Å². The van der Waals surface area contributed by atoms with E-state index in [1.807, 2.05) is 0 Å². The summed E-state index contributed by atoms with van der Waals surface area (Å²) < 4.78 is 63.2. The maximum absolute atomic E-state index is 14.2. The van der Waals surface area contributed by atoms with Gasteiger partial charge in [-0.15, -0.1) is 0 Å². The first-order chi connectivity index (χ1) is 32.0. The van der Waals surface area contributed by atoms with Crippen LogP contribution in [0.3, 0.4) is 0 Å². The molecule has 0 amide bonds. The molecular formula is C44H53N3O20. The van der Waals surface area contributed by atoms with Crippen molar-refractivity contribution in [3.05, 3.63) is 82.2 Å². The van der Waals surface area contributed by atoms with E-state index in [9.17, 15) is 49.3 Å². The van der Waals surface area contributed by atoms with E-state index in [0.717, 1.165) is 35.0 Å². The Hall–Kier alpha value is -6.20. The molecule has 3 aliphatic rings. The molecule has 2 saturated heterocycles. The number of carbonyl (C=O) groups excluding carboxylic acids is 7.